The standard InChI is InChI=1S/C20H31N3O2/c1-2-16-5-7-18(21-13-16)15-22-11-9-19-17(14-22)6-8-20(25)23(19)10-3-4-12-24/h5,7,13,17,19,24H,2-4,6,8-12,14-15H2,1H3/t17-,19+/m0/s1. The van der Waals surface area contributed by atoms with Crippen LogP contribution in [0, 0.1) is 5.92 Å². The van der Waals surface area contributed by atoms with Gasteiger partial charge in [-0.05, 0) is 49.7 Å². The van der Waals surface area contributed by atoms with Crippen molar-refractivity contribution in [3.63, 3.8) is 0 Å². The normalized spacial score (nSPS) is 24.4. The first-order chi connectivity index (χ1) is 12.2. The van der Waals surface area contributed by atoms with Crippen LogP contribution in [0.15, 0.2) is 18.3 Å². The van der Waals surface area contributed by atoms with E-state index in [1.165, 1.54) is 5.56 Å². The molecule has 1 N–H and O–H groups in total. The molecule has 0 spiro atoms. The van der Waals surface area contributed by atoms with E-state index in [1.54, 1.807) is 0 Å². The van der Waals surface area contributed by atoms with Crippen molar-refractivity contribution in [1.29, 1.82) is 0 Å². The van der Waals surface area contributed by atoms with Crippen molar-refractivity contribution in [1.82, 2.24) is 14.8 Å². The summed E-state index contributed by atoms with van der Waals surface area (Å²) >= 11 is 0. The zero-order valence-electron chi connectivity index (χ0n) is 15.4. The third-order valence-electron chi connectivity index (χ3n) is 5.71. The molecule has 2 aliphatic heterocycles. The third-order valence-corrected chi connectivity index (χ3v) is 5.71. The van der Waals surface area contributed by atoms with Crippen molar-refractivity contribution in [2.45, 2.75) is 58.0 Å². The molecule has 5 heteroatoms. The molecular weight excluding hydrogens is 314 g/mol. The highest BCUT2D eigenvalue weighted by Crippen LogP contribution is 2.32. The SMILES string of the molecule is CCc1ccc(CN2CC[C@@H]3[C@@H](CCC(=O)N3CCCCO)C2)nc1. The number of aryl methyl sites for hydroxylation is 1. The van der Waals surface area contributed by atoms with Gasteiger partial charge in [0.25, 0.3) is 0 Å². The first kappa shape index (κ1) is 18.3. The Balaban J connectivity index is 1.56. The smallest absolute Gasteiger partial charge is 0.222 e. The second-order valence-electron chi connectivity index (χ2n) is 7.42. The quantitative estimate of drug-likeness (QED) is 0.770. The fraction of sp³-hybridized carbons (Fsp3) is 0.700. The van der Waals surface area contributed by atoms with E-state index < -0.39 is 0 Å². The van der Waals surface area contributed by atoms with Crippen molar-refractivity contribution in [2.24, 2.45) is 5.92 Å². The van der Waals surface area contributed by atoms with Crippen LogP contribution in [-0.4, -0.2) is 58.1 Å². The molecule has 0 radical (unpaired) electrons. The van der Waals surface area contributed by atoms with Gasteiger partial charge < -0.3 is 10.0 Å². The predicted octanol–water partition coefficient (Wildman–Crippen LogP) is 2.23. The van der Waals surface area contributed by atoms with Gasteiger partial charge in [-0.3, -0.25) is 14.7 Å². The lowest BCUT2D eigenvalue weighted by atomic mass is 9.83. The average Bonchev–Trinajstić information content (AvgIpc) is 2.64. The van der Waals surface area contributed by atoms with Crippen LogP contribution >= 0.6 is 0 Å². The third kappa shape index (κ3) is 4.59. The minimum atomic E-state index is 0.216. The number of likely N-dealkylation sites (tertiary alicyclic amines) is 2. The van der Waals surface area contributed by atoms with Gasteiger partial charge in [-0.25, -0.2) is 0 Å². The van der Waals surface area contributed by atoms with E-state index in [-0.39, 0.29) is 6.61 Å². The molecule has 3 rings (SSSR count). The summed E-state index contributed by atoms with van der Waals surface area (Å²) in [6.07, 6.45) is 7.46. The van der Waals surface area contributed by atoms with Crippen LogP contribution < -0.4 is 0 Å². The Morgan fingerprint density at radius 3 is 2.88 bits per heavy atom. The molecule has 0 aliphatic carbocycles. The maximum atomic E-state index is 12.3. The zero-order valence-corrected chi connectivity index (χ0v) is 15.4. The molecule has 2 aliphatic rings. The lowest BCUT2D eigenvalue weighted by Crippen LogP contribution is -2.56. The monoisotopic (exact) mass is 345 g/mol. The molecule has 1 aromatic heterocycles. The second-order valence-corrected chi connectivity index (χ2v) is 7.42. The second kappa shape index (κ2) is 8.77. The number of rotatable bonds is 7. The topological polar surface area (TPSA) is 56.7 Å². The van der Waals surface area contributed by atoms with Gasteiger partial charge in [0.15, 0.2) is 0 Å². The van der Waals surface area contributed by atoms with Crippen LogP contribution in [0.2, 0.25) is 0 Å². The van der Waals surface area contributed by atoms with Gasteiger partial charge in [-0.2, -0.15) is 0 Å². The largest absolute Gasteiger partial charge is 0.396 e. The van der Waals surface area contributed by atoms with E-state index in [0.29, 0.717) is 24.3 Å². The van der Waals surface area contributed by atoms with Gasteiger partial charge in [0.1, 0.15) is 0 Å². The summed E-state index contributed by atoms with van der Waals surface area (Å²) in [6.45, 7) is 6.17. The molecule has 0 unspecified atom stereocenters. The lowest BCUT2D eigenvalue weighted by Gasteiger charge is -2.47. The van der Waals surface area contributed by atoms with E-state index in [1.807, 2.05) is 6.20 Å². The maximum absolute atomic E-state index is 12.3. The van der Waals surface area contributed by atoms with Crippen molar-refractivity contribution in [3.05, 3.63) is 29.6 Å². The predicted molar refractivity (Wildman–Crippen MR) is 98.1 cm³/mol. The molecular formula is C20H31N3O2. The summed E-state index contributed by atoms with van der Waals surface area (Å²) in [5, 5.41) is 8.99. The van der Waals surface area contributed by atoms with Gasteiger partial charge in [-0.15, -0.1) is 0 Å². The van der Waals surface area contributed by atoms with E-state index in [2.05, 4.69) is 33.8 Å². The Hall–Kier alpha value is -1.46. The Labute approximate surface area is 151 Å². The first-order valence-corrected chi connectivity index (χ1v) is 9.77. The summed E-state index contributed by atoms with van der Waals surface area (Å²) in [5.41, 5.74) is 2.43. The molecule has 2 atom stereocenters. The van der Waals surface area contributed by atoms with E-state index in [4.69, 9.17) is 5.11 Å². The van der Waals surface area contributed by atoms with Gasteiger partial charge >= 0.3 is 0 Å². The molecule has 1 amide bonds. The Kier molecular flexibility index (Phi) is 6.43. The zero-order chi connectivity index (χ0) is 17.6. The highest BCUT2D eigenvalue weighted by Gasteiger charge is 2.38. The molecule has 3 heterocycles. The lowest BCUT2D eigenvalue weighted by molar-refractivity contribution is -0.141. The van der Waals surface area contributed by atoms with Crippen molar-refractivity contribution in [2.75, 3.05) is 26.2 Å². The van der Waals surface area contributed by atoms with Crippen LogP contribution in [0.5, 0.6) is 0 Å². The van der Waals surface area contributed by atoms with Crippen molar-refractivity contribution in [3.8, 4) is 0 Å². The molecule has 2 fully saturated rings. The fourth-order valence-electron chi connectivity index (χ4n) is 4.24. The minimum Gasteiger partial charge on any atom is -0.396 e. The number of hydrogen-bond acceptors (Lipinski definition) is 4. The van der Waals surface area contributed by atoms with Crippen LogP contribution in [-0.2, 0) is 17.8 Å². The highest BCUT2D eigenvalue weighted by molar-refractivity contribution is 5.77. The van der Waals surface area contributed by atoms with E-state index in [0.717, 1.165) is 64.0 Å². The van der Waals surface area contributed by atoms with Gasteiger partial charge in [-0.1, -0.05) is 13.0 Å². The van der Waals surface area contributed by atoms with Gasteiger partial charge in [0.05, 0.1) is 5.69 Å². The first-order valence-electron chi connectivity index (χ1n) is 9.77. The molecule has 138 valence electrons. The van der Waals surface area contributed by atoms with Crippen molar-refractivity contribution < 1.29 is 9.90 Å². The number of nitrogens with zero attached hydrogens (tertiary/aromatic N) is 3. The van der Waals surface area contributed by atoms with E-state index >= 15 is 0 Å². The number of fused-ring (bicyclic) bond motifs is 1. The molecule has 2 saturated heterocycles. The van der Waals surface area contributed by atoms with Gasteiger partial charge in [0, 0.05) is 51.4 Å². The summed E-state index contributed by atoms with van der Waals surface area (Å²) in [7, 11) is 0. The summed E-state index contributed by atoms with van der Waals surface area (Å²) in [4.78, 5) is 21.5. The van der Waals surface area contributed by atoms with Crippen LogP contribution in [0.4, 0.5) is 0 Å². The van der Waals surface area contributed by atoms with Crippen LogP contribution in [0.3, 0.4) is 0 Å². The number of hydrogen-bond donors (Lipinski definition) is 1. The average molecular weight is 345 g/mol. The number of piperidine rings is 2. The summed E-state index contributed by atoms with van der Waals surface area (Å²) in [5.74, 6) is 0.889. The number of aliphatic hydroxyl groups is 1. The summed E-state index contributed by atoms with van der Waals surface area (Å²) in [6, 6.07) is 4.72. The molecule has 0 bridgehead atoms. The fourth-order valence-corrected chi connectivity index (χ4v) is 4.24. The highest BCUT2D eigenvalue weighted by atomic mass is 16.3. The molecule has 0 aromatic carbocycles. The number of unbranched alkanes of at least 4 members (excludes halogenated alkanes) is 1. The molecule has 5 nitrogen and oxygen atoms in total. The van der Waals surface area contributed by atoms with Crippen LogP contribution in [0.1, 0.15) is 50.3 Å². The maximum Gasteiger partial charge on any atom is 0.222 e. The Morgan fingerprint density at radius 2 is 2.16 bits per heavy atom. The Morgan fingerprint density at radius 1 is 1.28 bits per heavy atom. The number of aliphatic hydroxyl groups excluding tert-OH is 1. The number of carbonyl (C=O) groups excluding carboxylic acids is 1. The minimum absolute atomic E-state index is 0.216. The number of amides is 1. The Bertz CT molecular complexity index is 561. The molecule has 25 heavy (non-hydrogen) atoms. The van der Waals surface area contributed by atoms with Crippen molar-refractivity contribution >= 4 is 5.91 Å². The number of aromatic nitrogens is 1. The molecule has 0 saturated carbocycles. The number of carbonyl (C=O) groups is 1. The van der Waals surface area contributed by atoms with Gasteiger partial charge in [0.2, 0.25) is 5.91 Å². The van der Waals surface area contributed by atoms with Crippen LogP contribution in [0.25, 0.3) is 0 Å². The van der Waals surface area contributed by atoms with E-state index in [9.17, 15) is 4.79 Å². The summed E-state index contributed by atoms with van der Waals surface area (Å²) < 4.78 is 0. The number of pyridine rings is 1. The molecule has 1 aromatic rings.